The van der Waals surface area contributed by atoms with E-state index in [2.05, 4.69) is 31.0 Å². The van der Waals surface area contributed by atoms with Gasteiger partial charge in [0.15, 0.2) is 0 Å². The Bertz CT molecular complexity index is 904. The van der Waals surface area contributed by atoms with Gasteiger partial charge in [-0.2, -0.15) is 0 Å². The minimum absolute atomic E-state index is 0.0602. The molecule has 0 spiro atoms. The lowest BCUT2D eigenvalue weighted by Gasteiger charge is -2.32. The van der Waals surface area contributed by atoms with Crippen molar-refractivity contribution in [2.24, 2.45) is 5.92 Å². The van der Waals surface area contributed by atoms with Gasteiger partial charge in [0.05, 0.1) is 5.92 Å². The number of nitrogens with zero attached hydrogens (tertiary/aromatic N) is 2. The molecular formula is C26H35N3O2. The number of hydrogen-bond acceptors (Lipinski definition) is 3. The molecule has 5 nitrogen and oxygen atoms in total. The molecule has 0 bridgehead atoms. The van der Waals surface area contributed by atoms with Crippen LogP contribution in [0.2, 0.25) is 0 Å². The number of nitrogens with one attached hydrogen (secondary N) is 1. The predicted molar refractivity (Wildman–Crippen MR) is 127 cm³/mol. The Morgan fingerprint density at radius 2 is 1.74 bits per heavy atom. The van der Waals surface area contributed by atoms with Gasteiger partial charge in [0.2, 0.25) is 11.8 Å². The molecule has 1 saturated carbocycles. The van der Waals surface area contributed by atoms with Crippen LogP contribution in [-0.4, -0.2) is 36.9 Å². The monoisotopic (exact) mass is 421 g/mol. The van der Waals surface area contributed by atoms with E-state index in [4.69, 9.17) is 0 Å². The molecule has 2 aromatic carbocycles. The molecule has 1 aliphatic rings. The van der Waals surface area contributed by atoms with Crippen LogP contribution < -0.4 is 10.2 Å². The van der Waals surface area contributed by atoms with E-state index in [1.54, 1.807) is 0 Å². The van der Waals surface area contributed by atoms with Crippen LogP contribution in [0.1, 0.15) is 57.1 Å². The highest BCUT2D eigenvalue weighted by atomic mass is 16.2. The number of carbonyl (C=O) groups is 2. The first-order chi connectivity index (χ1) is 14.8. The third-order valence-corrected chi connectivity index (χ3v) is 5.93. The summed E-state index contributed by atoms with van der Waals surface area (Å²) < 4.78 is 0. The molecule has 3 rings (SSSR count). The molecule has 0 aliphatic heterocycles. The van der Waals surface area contributed by atoms with E-state index in [-0.39, 0.29) is 29.7 Å². The Balaban J connectivity index is 1.88. The Labute approximate surface area is 186 Å². The highest BCUT2D eigenvalue weighted by molar-refractivity contribution is 5.94. The zero-order chi connectivity index (χ0) is 22.5. The number of benzene rings is 2. The van der Waals surface area contributed by atoms with Crippen LogP contribution in [0.25, 0.3) is 0 Å². The van der Waals surface area contributed by atoms with Crippen LogP contribution in [0, 0.1) is 5.92 Å². The minimum Gasteiger partial charge on any atom is -0.377 e. The third kappa shape index (κ3) is 5.66. The molecular weight excluding hydrogens is 386 g/mol. The standard InChI is InChI=1S/C26H35N3O2/c1-6-23(19-10-8-7-9-11-19)26(31)29(18(2)3)17-21-16-22(14-15-24(21)28(4)5)27-25(30)20-12-13-20/h7-11,14-16,18,20,23H,6,12-13,17H2,1-5H3,(H,27,30). The Hall–Kier alpha value is -2.82. The molecule has 1 aliphatic carbocycles. The van der Waals surface area contributed by atoms with Crippen molar-refractivity contribution >= 4 is 23.2 Å². The number of carbonyl (C=O) groups excluding carboxylic acids is 2. The topological polar surface area (TPSA) is 52.7 Å². The van der Waals surface area contributed by atoms with Gasteiger partial charge in [-0.1, -0.05) is 37.3 Å². The molecule has 5 heteroatoms. The summed E-state index contributed by atoms with van der Waals surface area (Å²) in [6, 6.07) is 16.1. The van der Waals surface area contributed by atoms with Crippen LogP contribution in [0.15, 0.2) is 48.5 Å². The Kier molecular flexibility index (Phi) is 7.37. The number of hydrogen-bond donors (Lipinski definition) is 1. The first kappa shape index (κ1) is 22.9. The van der Waals surface area contributed by atoms with Crippen molar-refractivity contribution in [2.75, 3.05) is 24.3 Å². The number of anilines is 2. The van der Waals surface area contributed by atoms with Gasteiger partial charge in [-0.3, -0.25) is 9.59 Å². The van der Waals surface area contributed by atoms with E-state index in [1.165, 1.54) is 0 Å². The fraction of sp³-hybridized carbons (Fsp3) is 0.462. The summed E-state index contributed by atoms with van der Waals surface area (Å²) in [4.78, 5) is 29.9. The van der Waals surface area contributed by atoms with E-state index in [9.17, 15) is 9.59 Å². The molecule has 1 fully saturated rings. The lowest BCUT2D eigenvalue weighted by Crippen LogP contribution is -2.39. The maximum Gasteiger partial charge on any atom is 0.230 e. The summed E-state index contributed by atoms with van der Waals surface area (Å²) in [7, 11) is 4.00. The molecule has 0 aromatic heterocycles. The molecule has 1 N–H and O–H groups in total. The van der Waals surface area contributed by atoms with Crippen molar-refractivity contribution in [1.29, 1.82) is 0 Å². The van der Waals surface area contributed by atoms with Gasteiger partial charge < -0.3 is 15.1 Å². The van der Waals surface area contributed by atoms with E-state index >= 15 is 0 Å². The van der Waals surface area contributed by atoms with Crippen LogP contribution in [0.5, 0.6) is 0 Å². The minimum atomic E-state index is -0.163. The Morgan fingerprint density at radius 1 is 1.06 bits per heavy atom. The van der Waals surface area contributed by atoms with Crippen molar-refractivity contribution in [3.8, 4) is 0 Å². The van der Waals surface area contributed by atoms with E-state index in [0.717, 1.165) is 41.8 Å². The van der Waals surface area contributed by atoms with Crippen molar-refractivity contribution < 1.29 is 9.59 Å². The van der Waals surface area contributed by atoms with Gasteiger partial charge in [0.25, 0.3) is 0 Å². The van der Waals surface area contributed by atoms with E-state index < -0.39 is 0 Å². The average molecular weight is 422 g/mol. The van der Waals surface area contributed by atoms with Crippen molar-refractivity contribution in [3.63, 3.8) is 0 Å². The SMILES string of the molecule is CCC(C(=O)N(Cc1cc(NC(=O)C2CC2)ccc1N(C)C)C(C)C)c1ccccc1. The van der Waals surface area contributed by atoms with Gasteiger partial charge >= 0.3 is 0 Å². The largest absolute Gasteiger partial charge is 0.377 e. The third-order valence-electron chi connectivity index (χ3n) is 5.93. The summed E-state index contributed by atoms with van der Waals surface area (Å²) >= 11 is 0. The summed E-state index contributed by atoms with van der Waals surface area (Å²) in [5.41, 5.74) is 3.93. The zero-order valence-electron chi connectivity index (χ0n) is 19.4. The first-order valence-electron chi connectivity index (χ1n) is 11.3. The fourth-order valence-corrected chi connectivity index (χ4v) is 3.95. The lowest BCUT2D eigenvalue weighted by molar-refractivity contribution is -0.135. The first-order valence-corrected chi connectivity index (χ1v) is 11.3. The van der Waals surface area contributed by atoms with E-state index in [0.29, 0.717) is 6.54 Å². The molecule has 166 valence electrons. The highest BCUT2D eigenvalue weighted by Gasteiger charge is 2.30. The van der Waals surface area contributed by atoms with Gasteiger partial charge in [-0.05, 0) is 62.4 Å². The van der Waals surface area contributed by atoms with Gasteiger partial charge in [-0.15, -0.1) is 0 Å². The molecule has 1 atom stereocenters. The second kappa shape index (κ2) is 9.99. The summed E-state index contributed by atoms with van der Waals surface area (Å²) in [5.74, 6) is 0.224. The normalized spacial score (nSPS) is 14.3. The molecule has 2 aromatic rings. The molecule has 31 heavy (non-hydrogen) atoms. The molecule has 0 heterocycles. The van der Waals surface area contributed by atoms with E-state index in [1.807, 2.05) is 67.5 Å². The van der Waals surface area contributed by atoms with Crippen LogP contribution in [0.4, 0.5) is 11.4 Å². The second-order valence-electron chi connectivity index (χ2n) is 8.93. The second-order valence-corrected chi connectivity index (χ2v) is 8.93. The Morgan fingerprint density at radius 3 is 2.29 bits per heavy atom. The molecule has 0 radical (unpaired) electrons. The lowest BCUT2D eigenvalue weighted by atomic mass is 9.94. The highest BCUT2D eigenvalue weighted by Crippen LogP contribution is 2.32. The van der Waals surface area contributed by atoms with Gasteiger partial charge in [0, 0.05) is 44.0 Å². The predicted octanol–water partition coefficient (Wildman–Crippen LogP) is 5.03. The van der Waals surface area contributed by atoms with Crippen LogP contribution >= 0.6 is 0 Å². The van der Waals surface area contributed by atoms with Crippen molar-refractivity contribution in [2.45, 2.75) is 58.5 Å². The number of amides is 2. The number of rotatable bonds is 9. The molecule has 2 amide bonds. The zero-order valence-corrected chi connectivity index (χ0v) is 19.4. The van der Waals surface area contributed by atoms with Crippen molar-refractivity contribution in [1.82, 2.24) is 4.90 Å². The average Bonchev–Trinajstić information content (AvgIpc) is 3.58. The smallest absolute Gasteiger partial charge is 0.230 e. The van der Waals surface area contributed by atoms with Crippen molar-refractivity contribution in [3.05, 3.63) is 59.7 Å². The summed E-state index contributed by atoms with van der Waals surface area (Å²) in [6.45, 7) is 6.68. The van der Waals surface area contributed by atoms with Crippen LogP contribution in [-0.2, 0) is 16.1 Å². The van der Waals surface area contributed by atoms with Gasteiger partial charge in [0.1, 0.15) is 0 Å². The quantitative estimate of drug-likeness (QED) is 0.618. The maximum absolute atomic E-state index is 13.6. The summed E-state index contributed by atoms with van der Waals surface area (Å²) in [6.07, 6.45) is 2.70. The maximum atomic E-state index is 13.6. The fourth-order valence-electron chi connectivity index (χ4n) is 3.95. The molecule has 0 saturated heterocycles. The summed E-state index contributed by atoms with van der Waals surface area (Å²) in [5, 5.41) is 3.04. The van der Waals surface area contributed by atoms with Crippen LogP contribution in [0.3, 0.4) is 0 Å². The van der Waals surface area contributed by atoms with Gasteiger partial charge in [-0.25, -0.2) is 0 Å². The molecule has 1 unspecified atom stereocenters.